The maximum atomic E-state index is 13.1. The van der Waals surface area contributed by atoms with E-state index in [1.54, 1.807) is 0 Å². The first-order chi connectivity index (χ1) is 51.9. The Labute approximate surface area is 658 Å². The zero-order chi connectivity index (χ0) is 78.5. The summed E-state index contributed by atoms with van der Waals surface area (Å²) < 4.78 is 68.7. The lowest BCUT2D eigenvalue weighted by molar-refractivity contribution is -0.161. The van der Waals surface area contributed by atoms with Crippen molar-refractivity contribution in [3.05, 3.63) is 0 Å². The minimum Gasteiger partial charge on any atom is -0.462 e. The lowest BCUT2D eigenvalue weighted by atomic mass is 9.99. The predicted molar refractivity (Wildman–Crippen MR) is 442 cm³/mol. The molecule has 0 saturated carbocycles. The van der Waals surface area contributed by atoms with E-state index in [1.165, 1.54) is 283 Å². The molecule has 0 aromatic rings. The van der Waals surface area contributed by atoms with E-state index in [0.717, 1.165) is 108 Å². The Morgan fingerprint density at radius 1 is 0.271 bits per heavy atom. The number of phosphoric acid groups is 2. The first-order valence-electron chi connectivity index (χ1n) is 45.5. The molecular formula is C88H172O17P2. The van der Waals surface area contributed by atoms with Gasteiger partial charge in [-0.05, 0) is 37.5 Å². The van der Waals surface area contributed by atoms with Crippen LogP contribution in [0.1, 0.15) is 472 Å². The molecule has 0 aromatic heterocycles. The normalized spacial score (nSPS) is 14.0. The van der Waals surface area contributed by atoms with E-state index < -0.39 is 97.5 Å². The molecule has 19 heteroatoms. The van der Waals surface area contributed by atoms with Crippen LogP contribution in [0.4, 0.5) is 0 Å². The van der Waals surface area contributed by atoms with Crippen molar-refractivity contribution in [3.63, 3.8) is 0 Å². The molecule has 0 amide bonds. The molecule has 0 bridgehead atoms. The number of hydrogen-bond donors (Lipinski definition) is 3. The second-order valence-electron chi connectivity index (χ2n) is 32.4. The molecule has 0 heterocycles. The van der Waals surface area contributed by atoms with E-state index in [9.17, 15) is 43.2 Å². The third-order valence-corrected chi connectivity index (χ3v) is 23.0. The first kappa shape index (κ1) is 105. The number of hydrogen-bond acceptors (Lipinski definition) is 15. The van der Waals surface area contributed by atoms with Crippen LogP contribution >= 0.6 is 15.6 Å². The molecule has 3 unspecified atom stereocenters. The largest absolute Gasteiger partial charge is 0.472 e. The zero-order valence-corrected chi connectivity index (χ0v) is 72.2. The van der Waals surface area contributed by atoms with Crippen LogP contribution in [0.2, 0.25) is 0 Å². The molecule has 0 spiro atoms. The Hall–Kier alpha value is -1.94. The molecule has 0 aromatic carbocycles. The summed E-state index contributed by atoms with van der Waals surface area (Å²) in [7, 11) is -9.92. The highest BCUT2D eigenvalue weighted by molar-refractivity contribution is 7.47. The van der Waals surface area contributed by atoms with Gasteiger partial charge < -0.3 is 33.8 Å². The minimum atomic E-state index is -4.96. The smallest absolute Gasteiger partial charge is 0.462 e. The van der Waals surface area contributed by atoms with Crippen molar-refractivity contribution < 1.29 is 80.2 Å². The van der Waals surface area contributed by atoms with Gasteiger partial charge in [0.15, 0.2) is 12.2 Å². The first-order valence-corrected chi connectivity index (χ1v) is 48.5. The van der Waals surface area contributed by atoms with Crippen LogP contribution in [0.3, 0.4) is 0 Å². The van der Waals surface area contributed by atoms with Crippen molar-refractivity contribution in [1.82, 2.24) is 0 Å². The van der Waals surface area contributed by atoms with Crippen molar-refractivity contribution in [2.45, 2.75) is 490 Å². The van der Waals surface area contributed by atoms with E-state index in [-0.39, 0.29) is 25.7 Å². The molecular weight excluding hydrogens is 1390 g/mol. The van der Waals surface area contributed by atoms with Crippen LogP contribution in [0.25, 0.3) is 0 Å². The summed E-state index contributed by atoms with van der Waals surface area (Å²) in [5, 5.41) is 10.6. The van der Waals surface area contributed by atoms with Crippen molar-refractivity contribution in [3.8, 4) is 0 Å². The second-order valence-corrected chi connectivity index (χ2v) is 35.3. The van der Waals surface area contributed by atoms with Crippen LogP contribution < -0.4 is 0 Å². The third kappa shape index (κ3) is 80.5. The zero-order valence-electron chi connectivity index (χ0n) is 70.5. The Balaban J connectivity index is 5.09. The van der Waals surface area contributed by atoms with Crippen molar-refractivity contribution >= 4 is 39.5 Å². The topological polar surface area (TPSA) is 237 Å². The quantitative estimate of drug-likeness (QED) is 0.0222. The van der Waals surface area contributed by atoms with E-state index in [0.29, 0.717) is 25.7 Å². The van der Waals surface area contributed by atoms with Crippen LogP contribution in [-0.4, -0.2) is 96.7 Å². The Bertz CT molecular complexity index is 2050. The van der Waals surface area contributed by atoms with Gasteiger partial charge in [-0.25, -0.2) is 9.13 Å². The predicted octanol–water partition coefficient (Wildman–Crippen LogP) is 27.0. The number of esters is 4. The van der Waals surface area contributed by atoms with Crippen LogP contribution in [0.5, 0.6) is 0 Å². The number of unbranched alkanes of at least 4 members (excludes halogenated alkanes) is 56. The standard InChI is InChI=1S/C88H172O17P2/c1-7-10-12-14-15-16-17-18-19-20-21-22-23-24-28-33-38-43-48-53-59-65-71-86(91)99-77-84(105-88(93)73-67-60-54-49-44-39-34-29-26-25-27-32-37-42-47-52-58-63-69-81(6)9-3)79-103-107(96,97)101-75-82(89)74-100-106(94,95)102-78-83(76-98-85(90)70-64-56-13-11-8-2)104-87(92)72-66-61-55-50-45-40-35-30-31-36-41-46-51-57-62-68-80(4)5/h80-84,89H,7-79H2,1-6H3,(H,94,95)(H,96,97)/t81?,82-,83+,84+/m0/s1. The minimum absolute atomic E-state index is 0.107. The second kappa shape index (κ2) is 79.3. The summed E-state index contributed by atoms with van der Waals surface area (Å²) >= 11 is 0. The average Bonchev–Trinajstić information content (AvgIpc) is 0.901. The summed E-state index contributed by atoms with van der Waals surface area (Å²) in [4.78, 5) is 72.9. The number of rotatable bonds is 87. The van der Waals surface area contributed by atoms with Gasteiger partial charge in [0.25, 0.3) is 0 Å². The van der Waals surface area contributed by atoms with Gasteiger partial charge in [-0.1, -0.05) is 420 Å². The van der Waals surface area contributed by atoms with Crippen LogP contribution in [0.15, 0.2) is 0 Å². The van der Waals surface area contributed by atoms with E-state index in [4.69, 9.17) is 37.0 Å². The fraction of sp³-hybridized carbons (Fsp3) is 0.955. The fourth-order valence-electron chi connectivity index (χ4n) is 13.7. The number of aliphatic hydroxyl groups excluding tert-OH is 1. The van der Waals surface area contributed by atoms with Gasteiger partial charge in [0.2, 0.25) is 0 Å². The SMILES string of the molecule is CCCCCCCCCCCCCCCCCCCCCCCCC(=O)OC[C@H](COP(=O)(O)OC[C@@H](O)COP(=O)(O)OC[C@@H](COC(=O)CCCCCCC)OC(=O)CCCCCCCCCCCCCCCCCC(C)C)OC(=O)CCCCCCCCCCCCCCCCCCCCC(C)CC. The Kier molecular flexibility index (Phi) is 77.9. The van der Waals surface area contributed by atoms with Gasteiger partial charge in [0, 0.05) is 25.7 Å². The number of phosphoric ester groups is 2. The van der Waals surface area contributed by atoms with Gasteiger partial charge in [-0.2, -0.15) is 0 Å². The van der Waals surface area contributed by atoms with Crippen LogP contribution in [0, 0.1) is 11.8 Å². The van der Waals surface area contributed by atoms with Gasteiger partial charge in [-0.15, -0.1) is 0 Å². The van der Waals surface area contributed by atoms with Gasteiger partial charge >= 0.3 is 39.5 Å². The molecule has 0 fully saturated rings. The number of ether oxygens (including phenoxy) is 4. The molecule has 0 rings (SSSR count). The van der Waals surface area contributed by atoms with Crippen LogP contribution in [-0.2, 0) is 65.4 Å². The molecule has 17 nitrogen and oxygen atoms in total. The molecule has 0 aliphatic heterocycles. The highest BCUT2D eigenvalue weighted by Gasteiger charge is 2.30. The monoisotopic (exact) mass is 1560 g/mol. The summed E-state index contributed by atoms with van der Waals surface area (Å²) in [5.41, 5.74) is 0. The van der Waals surface area contributed by atoms with Crippen molar-refractivity contribution in [2.75, 3.05) is 39.6 Å². The summed E-state index contributed by atoms with van der Waals surface area (Å²) in [6, 6.07) is 0. The molecule has 107 heavy (non-hydrogen) atoms. The number of carbonyl (C=O) groups excluding carboxylic acids is 4. The summed E-state index contributed by atoms with van der Waals surface area (Å²) in [5.74, 6) is -0.439. The van der Waals surface area contributed by atoms with Crippen molar-refractivity contribution in [2.24, 2.45) is 11.8 Å². The molecule has 0 aliphatic carbocycles. The van der Waals surface area contributed by atoms with Gasteiger partial charge in [0.05, 0.1) is 26.4 Å². The van der Waals surface area contributed by atoms with E-state index in [2.05, 4.69) is 41.5 Å². The molecule has 0 radical (unpaired) electrons. The number of carbonyl (C=O) groups is 4. The fourth-order valence-corrected chi connectivity index (χ4v) is 15.3. The molecule has 0 saturated heterocycles. The van der Waals surface area contributed by atoms with Crippen molar-refractivity contribution in [1.29, 1.82) is 0 Å². The van der Waals surface area contributed by atoms with Gasteiger partial charge in [0.1, 0.15) is 19.3 Å². The maximum Gasteiger partial charge on any atom is 0.472 e. The highest BCUT2D eigenvalue weighted by atomic mass is 31.2. The highest BCUT2D eigenvalue weighted by Crippen LogP contribution is 2.45. The average molecular weight is 1560 g/mol. The Morgan fingerprint density at radius 3 is 0.710 bits per heavy atom. The van der Waals surface area contributed by atoms with E-state index >= 15 is 0 Å². The molecule has 0 aliphatic rings. The van der Waals surface area contributed by atoms with E-state index in [1.807, 2.05) is 0 Å². The molecule has 6 atom stereocenters. The molecule has 3 N–H and O–H groups in total. The summed E-state index contributed by atoms with van der Waals surface area (Å²) in [6.45, 7) is 9.68. The lowest BCUT2D eigenvalue weighted by Crippen LogP contribution is -2.30. The van der Waals surface area contributed by atoms with Gasteiger partial charge in [-0.3, -0.25) is 37.3 Å². The third-order valence-electron chi connectivity index (χ3n) is 21.1. The Morgan fingerprint density at radius 2 is 0.477 bits per heavy atom. The molecule has 636 valence electrons. The number of aliphatic hydroxyl groups is 1. The lowest BCUT2D eigenvalue weighted by Gasteiger charge is -2.21. The summed E-state index contributed by atoms with van der Waals surface area (Å²) in [6.07, 6.45) is 72.8. The maximum absolute atomic E-state index is 13.1.